The molecule has 1 aliphatic heterocycles. The highest BCUT2D eigenvalue weighted by Crippen LogP contribution is 2.29. The molecule has 2 atom stereocenters. The first kappa shape index (κ1) is 18.2. The fourth-order valence-corrected chi connectivity index (χ4v) is 6.54. The first-order valence-electron chi connectivity index (χ1n) is 7.59. The molecule has 1 heterocycles. The van der Waals surface area contributed by atoms with E-state index in [0.29, 0.717) is 18.6 Å². The summed E-state index contributed by atoms with van der Waals surface area (Å²) in [7, 11) is -5.41. The smallest absolute Gasteiger partial charge is 0.243 e. The monoisotopic (exact) mass is 361 g/mol. The summed E-state index contributed by atoms with van der Waals surface area (Å²) in [6, 6.07) is 5.41. The van der Waals surface area contributed by atoms with Crippen LogP contribution in [0.2, 0.25) is 0 Å². The number of rotatable bonds is 6. The molecule has 6 nitrogen and oxygen atoms in total. The molecule has 0 saturated carbocycles. The van der Waals surface area contributed by atoms with E-state index in [1.165, 1.54) is 23.5 Å². The number of hydrogen-bond donors (Lipinski definition) is 0. The van der Waals surface area contributed by atoms with Crippen molar-refractivity contribution in [2.24, 2.45) is 0 Å². The lowest BCUT2D eigenvalue weighted by atomic mass is 10.2. The third-order valence-corrected chi connectivity index (χ3v) is 8.06. The molecule has 0 unspecified atom stereocenters. The van der Waals surface area contributed by atoms with Crippen molar-refractivity contribution in [2.75, 3.05) is 18.6 Å². The molecule has 0 amide bonds. The minimum Gasteiger partial charge on any atom is -0.497 e. The van der Waals surface area contributed by atoms with Gasteiger partial charge in [0.1, 0.15) is 5.75 Å². The van der Waals surface area contributed by atoms with Crippen molar-refractivity contribution < 1.29 is 21.6 Å². The number of sulfonamides is 1. The number of benzene rings is 1. The van der Waals surface area contributed by atoms with Crippen molar-refractivity contribution >= 4 is 19.9 Å². The van der Waals surface area contributed by atoms with E-state index in [-0.39, 0.29) is 22.4 Å². The van der Waals surface area contributed by atoms with Crippen molar-refractivity contribution in [3.05, 3.63) is 24.3 Å². The normalized spacial score (nSPS) is 22.2. The van der Waals surface area contributed by atoms with Crippen molar-refractivity contribution in [2.45, 2.75) is 43.7 Å². The summed E-state index contributed by atoms with van der Waals surface area (Å²) >= 11 is 0. The zero-order valence-corrected chi connectivity index (χ0v) is 15.2. The Bertz CT molecular complexity index is 741. The Balaban J connectivity index is 2.41. The first-order chi connectivity index (χ1) is 10.7. The van der Waals surface area contributed by atoms with Gasteiger partial charge in [-0.15, -0.1) is 0 Å². The second-order valence-electron chi connectivity index (χ2n) is 5.82. The van der Waals surface area contributed by atoms with Crippen LogP contribution < -0.4 is 4.74 Å². The van der Waals surface area contributed by atoms with Gasteiger partial charge < -0.3 is 4.74 Å². The van der Waals surface area contributed by atoms with Gasteiger partial charge in [0, 0.05) is 12.1 Å². The van der Waals surface area contributed by atoms with Crippen LogP contribution in [0.25, 0.3) is 0 Å². The van der Waals surface area contributed by atoms with Gasteiger partial charge in [0.2, 0.25) is 10.0 Å². The predicted octanol–water partition coefficient (Wildman–Crippen LogP) is 1.67. The predicted molar refractivity (Wildman–Crippen MR) is 88.8 cm³/mol. The summed E-state index contributed by atoms with van der Waals surface area (Å²) in [5, 5.41) is 0. The lowest BCUT2D eigenvalue weighted by Crippen LogP contribution is -2.46. The van der Waals surface area contributed by atoms with Crippen LogP contribution in [0.3, 0.4) is 0 Å². The summed E-state index contributed by atoms with van der Waals surface area (Å²) in [4.78, 5) is 0.155. The van der Waals surface area contributed by atoms with Crippen molar-refractivity contribution in [3.63, 3.8) is 0 Å². The van der Waals surface area contributed by atoms with E-state index in [2.05, 4.69) is 0 Å². The minimum absolute atomic E-state index is 0.0444. The number of sulfone groups is 1. The van der Waals surface area contributed by atoms with Gasteiger partial charge >= 0.3 is 0 Å². The lowest BCUT2D eigenvalue weighted by Gasteiger charge is -2.32. The molecule has 1 saturated heterocycles. The molecule has 0 bridgehead atoms. The van der Waals surface area contributed by atoms with Crippen LogP contribution in [0, 0.1) is 0 Å². The highest BCUT2D eigenvalue weighted by molar-refractivity contribution is 7.92. The lowest BCUT2D eigenvalue weighted by molar-refractivity contribution is 0.271. The van der Waals surface area contributed by atoms with Crippen LogP contribution >= 0.6 is 0 Å². The number of methoxy groups -OCH3 is 1. The van der Waals surface area contributed by atoms with E-state index >= 15 is 0 Å². The van der Waals surface area contributed by atoms with E-state index in [1.54, 1.807) is 12.1 Å². The van der Waals surface area contributed by atoms with Gasteiger partial charge in [0.15, 0.2) is 9.84 Å². The van der Waals surface area contributed by atoms with Gasteiger partial charge in [0.05, 0.1) is 23.5 Å². The molecule has 1 aromatic rings. The molecule has 1 fully saturated rings. The SMILES string of the molecule is CC[C@H](C)N([C@H]1CCS(=O)(=O)C1)S(=O)(=O)c1ccc(OC)cc1. The summed E-state index contributed by atoms with van der Waals surface area (Å²) < 4.78 is 56.0. The average molecular weight is 361 g/mol. The minimum atomic E-state index is -3.76. The Hall–Kier alpha value is -1.12. The largest absolute Gasteiger partial charge is 0.497 e. The van der Waals surface area contributed by atoms with Crippen molar-refractivity contribution in [1.82, 2.24) is 4.31 Å². The molecule has 0 radical (unpaired) electrons. The second-order valence-corrected chi connectivity index (χ2v) is 9.90. The van der Waals surface area contributed by atoms with E-state index in [9.17, 15) is 16.8 Å². The molecule has 0 aliphatic carbocycles. The Morgan fingerprint density at radius 2 is 1.91 bits per heavy atom. The maximum absolute atomic E-state index is 13.0. The molecule has 130 valence electrons. The first-order valence-corrected chi connectivity index (χ1v) is 10.9. The van der Waals surface area contributed by atoms with Crippen LogP contribution in [0.4, 0.5) is 0 Å². The van der Waals surface area contributed by atoms with Gasteiger partial charge in [-0.2, -0.15) is 4.31 Å². The zero-order valence-electron chi connectivity index (χ0n) is 13.6. The molecule has 8 heteroatoms. The van der Waals surface area contributed by atoms with E-state index in [1.807, 2.05) is 13.8 Å². The Morgan fingerprint density at radius 1 is 1.30 bits per heavy atom. The molecular weight excluding hydrogens is 338 g/mol. The van der Waals surface area contributed by atoms with Gasteiger partial charge in [0.25, 0.3) is 0 Å². The van der Waals surface area contributed by atoms with Gasteiger partial charge in [-0.1, -0.05) is 6.92 Å². The molecule has 2 rings (SSSR count). The van der Waals surface area contributed by atoms with Crippen LogP contribution in [-0.2, 0) is 19.9 Å². The zero-order chi connectivity index (χ0) is 17.3. The molecule has 0 spiro atoms. The number of hydrogen-bond acceptors (Lipinski definition) is 5. The highest BCUT2D eigenvalue weighted by atomic mass is 32.2. The number of nitrogens with zero attached hydrogens (tertiary/aromatic N) is 1. The Morgan fingerprint density at radius 3 is 2.35 bits per heavy atom. The maximum atomic E-state index is 13.0. The van der Waals surface area contributed by atoms with E-state index < -0.39 is 25.9 Å². The summed E-state index contributed by atoms with van der Waals surface area (Å²) in [6.45, 7) is 3.71. The second kappa shape index (κ2) is 6.78. The highest BCUT2D eigenvalue weighted by Gasteiger charge is 2.40. The molecule has 0 aromatic heterocycles. The van der Waals surface area contributed by atoms with Crippen molar-refractivity contribution in [1.29, 1.82) is 0 Å². The standard InChI is InChI=1S/C15H23NO5S2/c1-4-12(2)16(13-9-10-22(17,18)11-13)23(19,20)15-7-5-14(21-3)6-8-15/h5-8,12-13H,4,9-11H2,1-3H3/t12-,13-/m0/s1. The van der Waals surface area contributed by atoms with Crippen LogP contribution in [0.5, 0.6) is 5.75 Å². The molecule has 1 aliphatic rings. The fourth-order valence-electron chi connectivity index (χ4n) is 2.82. The third kappa shape index (κ3) is 3.87. The topological polar surface area (TPSA) is 80.8 Å². The fraction of sp³-hybridized carbons (Fsp3) is 0.600. The van der Waals surface area contributed by atoms with E-state index in [0.717, 1.165) is 0 Å². The molecular formula is C15H23NO5S2. The quantitative estimate of drug-likeness (QED) is 0.770. The molecule has 23 heavy (non-hydrogen) atoms. The van der Waals surface area contributed by atoms with Gasteiger partial charge in [-0.3, -0.25) is 0 Å². The van der Waals surface area contributed by atoms with Crippen LogP contribution in [0.15, 0.2) is 29.2 Å². The average Bonchev–Trinajstić information content (AvgIpc) is 2.86. The maximum Gasteiger partial charge on any atom is 0.243 e. The van der Waals surface area contributed by atoms with Gasteiger partial charge in [-0.25, -0.2) is 16.8 Å². The van der Waals surface area contributed by atoms with Crippen LogP contribution in [0.1, 0.15) is 26.7 Å². The summed E-state index contributed by atoms with van der Waals surface area (Å²) in [5.41, 5.74) is 0. The van der Waals surface area contributed by atoms with Gasteiger partial charge in [-0.05, 0) is 44.0 Å². The third-order valence-electron chi connectivity index (χ3n) is 4.23. The molecule has 1 aromatic carbocycles. The Kier molecular flexibility index (Phi) is 5.37. The summed E-state index contributed by atoms with van der Waals surface area (Å²) in [6.07, 6.45) is 0.966. The van der Waals surface area contributed by atoms with Crippen molar-refractivity contribution in [3.8, 4) is 5.75 Å². The number of ether oxygens (including phenoxy) is 1. The summed E-state index contributed by atoms with van der Waals surface area (Å²) in [5.74, 6) is 0.512. The molecule has 0 N–H and O–H groups in total. The van der Waals surface area contributed by atoms with Crippen LogP contribution in [-0.4, -0.2) is 51.8 Å². The Labute approximate surface area is 138 Å². The van der Waals surface area contributed by atoms with E-state index in [4.69, 9.17) is 4.74 Å².